The largest absolute Gasteiger partial charge is 0.454 e. The molecule has 6 heteroatoms. The van der Waals surface area contributed by atoms with Crippen molar-refractivity contribution in [3.63, 3.8) is 0 Å². The van der Waals surface area contributed by atoms with E-state index in [4.69, 9.17) is 14.2 Å². The molecule has 1 aromatic carbocycles. The molecule has 0 atom stereocenters. The Kier molecular flexibility index (Phi) is 5.75. The lowest BCUT2D eigenvalue weighted by Crippen LogP contribution is -2.43. The minimum atomic E-state index is 0.0520. The number of carbonyl (C=O) groups excluding carboxylic acids is 1. The second-order valence-electron chi connectivity index (χ2n) is 6.65. The highest BCUT2D eigenvalue weighted by Gasteiger charge is 2.24. The number of hydrogen-bond acceptors (Lipinski definition) is 5. The fraction of sp³-hybridized carbons (Fsp3) is 0.381. The van der Waals surface area contributed by atoms with Crippen LogP contribution in [0.25, 0.3) is 6.08 Å². The van der Waals surface area contributed by atoms with E-state index in [-0.39, 0.29) is 18.7 Å². The van der Waals surface area contributed by atoms with Crippen molar-refractivity contribution in [1.29, 1.82) is 0 Å². The number of hydrogen-bond donors (Lipinski definition) is 0. The average Bonchev–Trinajstić information content (AvgIpc) is 3.38. The first-order valence-electron chi connectivity index (χ1n) is 9.28. The van der Waals surface area contributed by atoms with Crippen molar-refractivity contribution in [2.45, 2.75) is 25.3 Å². The van der Waals surface area contributed by atoms with Gasteiger partial charge in [-0.3, -0.25) is 4.79 Å². The summed E-state index contributed by atoms with van der Waals surface area (Å²) in [6, 6.07) is 10.1. The van der Waals surface area contributed by atoms with E-state index in [1.165, 1.54) is 4.88 Å². The first kappa shape index (κ1) is 18.1. The Morgan fingerprint density at radius 1 is 1.19 bits per heavy atom. The van der Waals surface area contributed by atoms with Gasteiger partial charge in [-0.25, -0.2) is 0 Å². The third-order valence-corrected chi connectivity index (χ3v) is 5.85. The summed E-state index contributed by atoms with van der Waals surface area (Å²) in [5, 5.41) is 2.08. The maximum absolute atomic E-state index is 13.0. The van der Waals surface area contributed by atoms with Gasteiger partial charge in [0.05, 0.1) is 0 Å². The Morgan fingerprint density at radius 3 is 2.85 bits per heavy atom. The Labute approximate surface area is 163 Å². The van der Waals surface area contributed by atoms with Crippen LogP contribution in [0, 0.1) is 0 Å². The zero-order valence-corrected chi connectivity index (χ0v) is 16.0. The number of thiophene rings is 1. The van der Waals surface area contributed by atoms with Crippen molar-refractivity contribution in [2.24, 2.45) is 0 Å². The fourth-order valence-corrected chi connectivity index (χ4v) is 4.13. The second-order valence-corrected chi connectivity index (χ2v) is 7.68. The quantitative estimate of drug-likeness (QED) is 0.711. The van der Waals surface area contributed by atoms with Gasteiger partial charge in [-0.2, -0.15) is 0 Å². The van der Waals surface area contributed by atoms with Crippen LogP contribution in [0.3, 0.4) is 0 Å². The van der Waals surface area contributed by atoms with Gasteiger partial charge in [0, 0.05) is 36.8 Å². The van der Waals surface area contributed by atoms with Crippen LogP contribution < -0.4 is 9.47 Å². The molecule has 1 aromatic heterocycles. The van der Waals surface area contributed by atoms with Crippen LogP contribution >= 0.6 is 11.3 Å². The highest BCUT2D eigenvalue weighted by atomic mass is 32.1. The Morgan fingerprint density at radius 2 is 2.04 bits per heavy atom. The zero-order valence-electron chi connectivity index (χ0n) is 15.1. The minimum Gasteiger partial charge on any atom is -0.454 e. The first-order chi connectivity index (χ1) is 13.3. The lowest BCUT2D eigenvalue weighted by molar-refractivity contribution is -0.130. The van der Waals surface area contributed by atoms with Gasteiger partial charge in [0.25, 0.3) is 0 Å². The number of rotatable bonds is 6. The van der Waals surface area contributed by atoms with Crippen LogP contribution in [-0.4, -0.2) is 43.4 Å². The molecule has 4 rings (SSSR count). The minimum absolute atomic E-state index is 0.0520. The van der Waals surface area contributed by atoms with Gasteiger partial charge in [0.1, 0.15) is 0 Å². The predicted molar refractivity (Wildman–Crippen MR) is 105 cm³/mol. The molecule has 0 bridgehead atoms. The zero-order chi connectivity index (χ0) is 18.5. The van der Waals surface area contributed by atoms with Crippen LogP contribution in [0.15, 0.2) is 41.8 Å². The standard InChI is InChI=1S/C21H23NO4S/c23-21(6-4-16-3-5-19-20(14-16)26-15-25-19)22(17-8-11-24-12-9-17)10-7-18-2-1-13-27-18/h1-6,13-14,17H,7-12,15H2. The molecule has 1 amide bonds. The van der Waals surface area contributed by atoms with Crippen molar-refractivity contribution in [3.8, 4) is 11.5 Å². The third-order valence-electron chi connectivity index (χ3n) is 4.91. The highest BCUT2D eigenvalue weighted by Crippen LogP contribution is 2.32. The molecule has 142 valence electrons. The Balaban J connectivity index is 1.45. The van der Waals surface area contributed by atoms with E-state index in [9.17, 15) is 4.79 Å². The molecular weight excluding hydrogens is 362 g/mol. The van der Waals surface area contributed by atoms with Crippen LogP contribution in [0.2, 0.25) is 0 Å². The summed E-state index contributed by atoms with van der Waals surface area (Å²) >= 11 is 1.74. The van der Waals surface area contributed by atoms with Gasteiger partial charge in [-0.1, -0.05) is 12.1 Å². The van der Waals surface area contributed by atoms with E-state index in [0.29, 0.717) is 0 Å². The monoisotopic (exact) mass is 385 g/mol. The van der Waals surface area contributed by atoms with Gasteiger partial charge in [-0.15, -0.1) is 11.3 Å². The van der Waals surface area contributed by atoms with Crippen molar-refractivity contribution in [3.05, 3.63) is 52.2 Å². The number of amides is 1. The van der Waals surface area contributed by atoms with Crippen molar-refractivity contribution >= 4 is 23.3 Å². The SMILES string of the molecule is O=C(C=Cc1ccc2c(c1)OCO2)N(CCc1cccs1)C1CCOCC1. The summed E-state index contributed by atoms with van der Waals surface area (Å²) in [4.78, 5) is 16.3. The maximum Gasteiger partial charge on any atom is 0.246 e. The Bertz CT molecular complexity index is 797. The lowest BCUT2D eigenvalue weighted by Gasteiger charge is -2.33. The number of fused-ring (bicyclic) bond motifs is 1. The number of ether oxygens (including phenoxy) is 3. The molecule has 0 N–H and O–H groups in total. The fourth-order valence-electron chi connectivity index (χ4n) is 3.44. The molecule has 27 heavy (non-hydrogen) atoms. The van der Waals surface area contributed by atoms with Crippen LogP contribution in [-0.2, 0) is 16.0 Å². The molecule has 1 fully saturated rings. The van der Waals surface area contributed by atoms with Gasteiger partial charge < -0.3 is 19.1 Å². The first-order valence-corrected chi connectivity index (χ1v) is 10.2. The van der Waals surface area contributed by atoms with E-state index in [1.807, 2.05) is 29.2 Å². The third kappa shape index (κ3) is 4.51. The molecule has 0 saturated carbocycles. The van der Waals surface area contributed by atoms with E-state index in [1.54, 1.807) is 17.4 Å². The van der Waals surface area contributed by atoms with E-state index in [0.717, 1.165) is 56.1 Å². The van der Waals surface area contributed by atoms with Gasteiger partial charge in [0.2, 0.25) is 12.7 Å². The van der Waals surface area contributed by atoms with E-state index < -0.39 is 0 Å². The molecule has 0 unspecified atom stereocenters. The van der Waals surface area contributed by atoms with E-state index in [2.05, 4.69) is 17.5 Å². The van der Waals surface area contributed by atoms with Gasteiger partial charge >= 0.3 is 0 Å². The number of nitrogens with zero attached hydrogens (tertiary/aromatic N) is 1. The van der Waals surface area contributed by atoms with E-state index >= 15 is 0 Å². The lowest BCUT2D eigenvalue weighted by atomic mass is 10.1. The average molecular weight is 385 g/mol. The van der Waals surface area contributed by atoms with Crippen molar-refractivity contribution in [2.75, 3.05) is 26.6 Å². The molecule has 0 radical (unpaired) electrons. The van der Waals surface area contributed by atoms with Crippen LogP contribution in [0.1, 0.15) is 23.3 Å². The van der Waals surface area contributed by atoms with Crippen LogP contribution in [0.5, 0.6) is 11.5 Å². The molecule has 0 aliphatic carbocycles. The summed E-state index contributed by atoms with van der Waals surface area (Å²) in [5.41, 5.74) is 0.929. The maximum atomic E-state index is 13.0. The molecule has 2 aliphatic heterocycles. The molecular formula is C21H23NO4S. The smallest absolute Gasteiger partial charge is 0.246 e. The number of benzene rings is 1. The van der Waals surface area contributed by atoms with Crippen molar-refractivity contribution < 1.29 is 19.0 Å². The van der Waals surface area contributed by atoms with Gasteiger partial charge in [0.15, 0.2) is 11.5 Å². The Hall–Kier alpha value is -2.31. The summed E-state index contributed by atoms with van der Waals surface area (Å²) in [7, 11) is 0. The molecule has 0 spiro atoms. The molecule has 2 aliphatic rings. The normalized spacial score (nSPS) is 16.7. The van der Waals surface area contributed by atoms with Crippen LogP contribution in [0.4, 0.5) is 0 Å². The summed E-state index contributed by atoms with van der Waals surface area (Å²) < 4.78 is 16.2. The van der Waals surface area contributed by atoms with Gasteiger partial charge in [-0.05, 0) is 54.5 Å². The summed E-state index contributed by atoms with van der Waals surface area (Å²) in [6.07, 6.45) is 6.20. The topological polar surface area (TPSA) is 48.0 Å². The highest BCUT2D eigenvalue weighted by molar-refractivity contribution is 7.09. The van der Waals surface area contributed by atoms with Crippen molar-refractivity contribution in [1.82, 2.24) is 4.90 Å². The molecule has 2 aromatic rings. The molecule has 3 heterocycles. The summed E-state index contributed by atoms with van der Waals surface area (Å²) in [6.45, 7) is 2.43. The molecule has 5 nitrogen and oxygen atoms in total. The molecule has 1 saturated heterocycles. The summed E-state index contributed by atoms with van der Waals surface area (Å²) in [5.74, 6) is 1.53. The number of carbonyl (C=O) groups is 1. The predicted octanol–water partition coefficient (Wildman–Crippen LogP) is 3.74. The second kappa shape index (κ2) is 8.59.